The second-order valence-corrected chi connectivity index (χ2v) is 10.00. The molecule has 33 heavy (non-hydrogen) atoms. The topological polar surface area (TPSA) is 134 Å². The zero-order valence-electron chi connectivity index (χ0n) is 18.2. The van der Waals surface area contributed by atoms with Crippen molar-refractivity contribution in [3.05, 3.63) is 59.2 Å². The van der Waals surface area contributed by atoms with Crippen molar-refractivity contribution < 1.29 is 27.5 Å². The number of benzene rings is 2. The fourth-order valence-electron chi connectivity index (χ4n) is 3.80. The van der Waals surface area contributed by atoms with Crippen LogP contribution in [0.4, 0.5) is 10.5 Å². The molecule has 2 aliphatic heterocycles. The van der Waals surface area contributed by atoms with Crippen LogP contribution >= 0.6 is 0 Å². The average molecular weight is 473 g/mol. The Morgan fingerprint density at radius 1 is 1.12 bits per heavy atom. The molecule has 0 aromatic heterocycles. The molecule has 2 aromatic rings. The summed E-state index contributed by atoms with van der Waals surface area (Å²) in [6, 6.07) is 10.4. The van der Waals surface area contributed by atoms with E-state index in [1.165, 1.54) is 16.4 Å². The fourth-order valence-corrected chi connectivity index (χ4v) is 5.23. The number of ether oxygens (including phenoxy) is 1. The first kappa shape index (κ1) is 22.9. The van der Waals surface area contributed by atoms with Crippen LogP contribution in [0.2, 0.25) is 0 Å². The molecule has 2 aliphatic rings. The molecule has 0 bridgehead atoms. The van der Waals surface area contributed by atoms with Gasteiger partial charge in [0.15, 0.2) is 0 Å². The molecule has 2 aromatic carbocycles. The molecule has 2 heterocycles. The quantitative estimate of drug-likeness (QED) is 0.562. The number of imide groups is 1. The van der Waals surface area contributed by atoms with E-state index in [1.807, 2.05) is 0 Å². The second-order valence-electron chi connectivity index (χ2n) is 8.06. The number of aryl methyl sites for hydroxylation is 1. The first-order valence-electron chi connectivity index (χ1n) is 10.4. The first-order chi connectivity index (χ1) is 15.6. The van der Waals surface area contributed by atoms with E-state index in [-0.39, 0.29) is 23.5 Å². The van der Waals surface area contributed by atoms with Crippen LogP contribution in [0.5, 0.6) is 0 Å². The van der Waals surface area contributed by atoms with Crippen molar-refractivity contribution in [2.24, 2.45) is 0 Å². The van der Waals surface area contributed by atoms with Gasteiger partial charge in [-0.1, -0.05) is 18.2 Å². The lowest BCUT2D eigenvalue weighted by Crippen LogP contribution is -2.40. The highest BCUT2D eigenvalue weighted by Gasteiger charge is 2.43. The van der Waals surface area contributed by atoms with E-state index in [0.717, 1.165) is 0 Å². The van der Waals surface area contributed by atoms with Gasteiger partial charge >= 0.3 is 6.03 Å². The van der Waals surface area contributed by atoms with E-state index < -0.39 is 33.4 Å². The highest BCUT2D eigenvalue weighted by Crippen LogP contribution is 2.27. The number of nitrogens with zero attached hydrogens (tertiary/aromatic N) is 1. The Balaban J connectivity index is 1.59. The van der Waals surface area contributed by atoms with E-state index in [1.54, 1.807) is 44.2 Å². The van der Waals surface area contributed by atoms with E-state index >= 15 is 0 Å². The number of hydrogen-bond acceptors (Lipinski definition) is 6. The van der Waals surface area contributed by atoms with Crippen LogP contribution in [0, 0.1) is 6.92 Å². The van der Waals surface area contributed by atoms with Gasteiger partial charge in [0.1, 0.15) is 5.54 Å². The van der Waals surface area contributed by atoms with Crippen molar-refractivity contribution in [3.8, 4) is 0 Å². The number of nitrogens with one attached hydrogen (secondary N) is 3. The SMILES string of the molecule is Cc1ccc(S(=O)(=O)N2CCOCC2)cc1C(=O)Nc1cccc(C2(C)NC(=O)NC2=O)c1. The molecule has 2 saturated heterocycles. The van der Waals surface area contributed by atoms with Crippen molar-refractivity contribution >= 4 is 33.6 Å². The predicted octanol–water partition coefficient (Wildman–Crippen LogP) is 1.32. The van der Waals surface area contributed by atoms with Crippen molar-refractivity contribution in [2.45, 2.75) is 24.3 Å². The molecule has 4 rings (SSSR count). The molecular weight excluding hydrogens is 448 g/mol. The predicted molar refractivity (Wildman–Crippen MR) is 119 cm³/mol. The van der Waals surface area contributed by atoms with Gasteiger partial charge in [0.05, 0.1) is 18.1 Å². The zero-order valence-corrected chi connectivity index (χ0v) is 19.0. The van der Waals surface area contributed by atoms with E-state index in [4.69, 9.17) is 4.74 Å². The Morgan fingerprint density at radius 2 is 1.85 bits per heavy atom. The third-order valence-electron chi connectivity index (χ3n) is 5.80. The maximum Gasteiger partial charge on any atom is 0.322 e. The highest BCUT2D eigenvalue weighted by molar-refractivity contribution is 7.89. The van der Waals surface area contributed by atoms with Crippen molar-refractivity contribution in [3.63, 3.8) is 0 Å². The van der Waals surface area contributed by atoms with E-state index in [0.29, 0.717) is 30.0 Å². The van der Waals surface area contributed by atoms with Crippen molar-refractivity contribution in [2.75, 3.05) is 31.6 Å². The number of anilines is 1. The minimum atomic E-state index is -3.76. The molecular formula is C22H24N4O6S. The van der Waals surface area contributed by atoms with Crippen LogP contribution in [-0.2, 0) is 25.1 Å². The largest absolute Gasteiger partial charge is 0.379 e. The molecule has 10 nitrogen and oxygen atoms in total. The summed E-state index contributed by atoms with van der Waals surface area (Å²) in [5.74, 6) is -0.985. The molecule has 11 heteroatoms. The number of rotatable bonds is 5. The third-order valence-corrected chi connectivity index (χ3v) is 7.70. The van der Waals surface area contributed by atoms with Crippen LogP contribution in [0.1, 0.15) is 28.4 Å². The summed E-state index contributed by atoms with van der Waals surface area (Å²) < 4.78 is 32.5. The standard InChI is InChI=1S/C22H24N4O6S/c1-14-6-7-17(33(30,31)26-8-10-32-11-9-26)13-18(14)19(27)23-16-5-3-4-15(12-16)22(2)20(28)24-21(29)25-22/h3-7,12-13H,8-11H2,1-2H3,(H,23,27)(H2,24,25,28,29). The molecule has 0 aliphatic carbocycles. The van der Waals surface area contributed by atoms with Gasteiger partial charge in [-0.15, -0.1) is 0 Å². The Hall–Kier alpha value is -3.28. The van der Waals surface area contributed by atoms with Crippen LogP contribution in [-0.4, -0.2) is 56.9 Å². The molecule has 0 saturated carbocycles. The van der Waals surface area contributed by atoms with Crippen LogP contribution in [0.3, 0.4) is 0 Å². The second kappa shape index (κ2) is 8.58. The normalized spacial score (nSPS) is 21.4. The van der Waals surface area contributed by atoms with Gasteiger partial charge in [-0.2, -0.15) is 4.31 Å². The smallest absolute Gasteiger partial charge is 0.322 e. The summed E-state index contributed by atoms with van der Waals surface area (Å²) in [4.78, 5) is 36.9. The molecule has 0 radical (unpaired) electrons. The van der Waals surface area contributed by atoms with Crippen molar-refractivity contribution in [1.82, 2.24) is 14.9 Å². The van der Waals surface area contributed by atoms with Gasteiger partial charge in [0, 0.05) is 24.3 Å². The Morgan fingerprint density at radius 3 is 2.52 bits per heavy atom. The lowest BCUT2D eigenvalue weighted by molar-refractivity contribution is -0.123. The van der Waals surface area contributed by atoms with E-state index in [9.17, 15) is 22.8 Å². The first-order valence-corrected chi connectivity index (χ1v) is 11.8. The minimum absolute atomic E-state index is 0.0340. The maximum atomic E-state index is 13.0. The Kier molecular flexibility index (Phi) is 5.95. The lowest BCUT2D eigenvalue weighted by atomic mass is 9.92. The van der Waals surface area contributed by atoms with Gasteiger partial charge in [0.2, 0.25) is 10.0 Å². The van der Waals surface area contributed by atoms with Gasteiger partial charge in [-0.3, -0.25) is 14.9 Å². The fraction of sp³-hybridized carbons (Fsp3) is 0.318. The number of carbonyl (C=O) groups is 3. The molecule has 2 fully saturated rings. The third kappa shape index (κ3) is 4.34. The lowest BCUT2D eigenvalue weighted by Gasteiger charge is -2.26. The van der Waals surface area contributed by atoms with Crippen LogP contribution < -0.4 is 16.0 Å². The molecule has 3 N–H and O–H groups in total. The average Bonchev–Trinajstić information content (AvgIpc) is 3.06. The Bertz CT molecular complexity index is 1240. The zero-order chi connectivity index (χ0) is 23.8. The number of amides is 4. The monoisotopic (exact) mass is 472 g/mol. The highest BCUT2D eigenvalue weighted by atomic mass is 32.2. The summed E-state index contributed by atoms with van der Waals surface area (Å²) >= 11 is 0. The number of morpholine rings is 1. The summed E-state index contributed by atoms with van der Waals surface area (Å²) in [7, 11) is -3.76. The number of urea groups is 1. The van der Waals surface area contributed by atoms with Gasteiger partial charge in [-0.25, -0.2) is 13.2 Å². The van der Waals surface area contributed by atoms with Crippen LogP contribution in [0.25, 0.3) is 0 Å². The number of sulfonamides is 1. The number of hydrogen-bond donors (Lipinski definition) is 3. The summed E-state index contributed by atoms with van der Waals surface area (Å²) in [5, 5.41) is 7.53. The molecule has 0 spiro atoms. The summed E-state index contributed by atoms with van der Waals surface area (Å²) in [6.07, 6.45) is 0. The molecule has 1 unspecified atom stereocenters. The molecule has 174 valence electrons. The van der Waals surface area contributed by atoms with Gasteiger partial charge in [-0.05, 0) is 49.2 Å². The van der Waals surface area contributed by atoms with Crippen molar-refractivity contribution in [1.29, 1.82) is 0 Å². The number of carbonyl (C=O) groups excluding carboxylic acids is 3. The summed E-state index contributed by atoms with van der Waals surface area (Å²) in [6.45, 7) is 4.45. The molecule has 4 amide bonds. The molecule has 1 atom stereocenters. The summed E-state index contributed by atoms with van der Waals surface area (Å²) in [5.41, 5.74) is 0.448. The maximum absolute atomic E-state index is 13.0. The van der Waals surface area contributed by atoms with Gasteiger partial charge < -0.3 is 15.4 Å². The minimum Gasteiger partial charge on any atom is -0.379 e. The van der Waals surface area contributed by atoms with E-state index in [2.05, 4.69) is 16.0 Å². The van der Waals surface area contributed by atoms with Gasteiger partial charge in [0.25, 0.3) is 11.8 Å². The Labute approximate surface area is 191 Å². The van der Waals surface area contributed by atoms with Crippen LogP contribution in [0.15, 0.2) is 47.4 Å².